The van der Waals surface area contributed by atoms with Crippen LogP contribution in [0.2, 0.25) is 0 Å². The zero-order valence-corrected chi connectivity index (χ0v) is 14.8. The molecule has 0 radical (unpaired) electrons. The van der Waals surface area contributed by atoms with E-state index in [-0.39, 0.29) is 11.6 Å². The van der Waals surface area contributed by atoms with Gasteiger partial charge < -0.3 is 14.8 Å². The molecule has 5 heteroatoms. The number of methoxy groups -OCH3 is 1. The van der Waals surface area contributed by atoms with Gasteiger partial charge in [-0.2, -0.15) is 0 Å². The number of hydrogen-bond acceptors (Lipinski definition) is 3. The highest BCUT2D eigenvalue weighted by Crippen LogP contribution is 2.50. The molecule has 106 valence electrons. The van der Waals surface area contributed by atoms with Gasteiger partial charge in [0.15, 0.2) is 0 Å². The van der Waals surface area contributed by atoms with Crippen LogP contribution in [-0.4, -0.2) is 19.3 Å². The van der Waals surface area contributed by atoms with E-state index < -0.39 is 0 Å². The first-order valence-corrected chi connectivity index (χ1v) is 7.96. The second kappa shape index (κ2) is 5.62. The molecule has 0 spiro atoms. The minimum atomic E-state index is -0.184. The van der Waals surface area contributed by atoms with Crippen molar-refractivity contribution in [2.75, 3.05) is 13.7 Å². The smallest absolute Gasteiger partial charge is 0.140 e. The molecule has 1 aliphatic rings. The third-order valence-corrected chi connectivity index (χ3v) is 4.67. The van der Waals surface area contributed by atoms with Gasteiger partial charge in [0.05, 0.1) is 16.1 Å². The lowest BCUT2D eigenvalue weighted by Gasteiger charge is -2.39. The van der Waals surface area contributed by atoms with E-state index in [1.807, 2.05) is 6.07 Å². The summed E-state index contributed by atoms with van der Waals surface area (Å²) in [5.74, 6) is 1.71. The molecule has 0 aromatic heterocycles. The average molecular weight is 393 g/mol. The van der Waals surface area contributed by atoms with Crippen LogP contribution in [0.5, 0.6) is 11.5 Å². The fraction of sp³-hybridized carbons (Fsp3) is 0.571. The molecule has 0 saturated carbocycles. The van der Waals surface area contributed by atoms with Crippen LogP contribution in [0.15, 0.2) is 15.0 Å². The van der Waals surface area contributed by atoms with E-state index in [0.29, 0.717) is 0 Å². The summed E-state index contributed by atoms with van der Waals surface area (Å²) in [6, 6.07) is 2.19. The molecule has 1 aromatic rings. The first-order chi connectivity index (χ1) is 8.89. The molecule has 0 amide bonds. The molecule has 2 rings (SSSR count). The van der Waals surface area contributed by atoms with Gasteiger partial charge in [0.1, 0.15) is 17.1 Å². The Kier molecular flexibility index (Phi) is 4.48. The van der Waals surface area contributed by atoms with Crippen LogP contribution >= 0.6 is 31.9 Å². The average Bonchev–Trinajstić information content (AvgIpc) is 2.32. The Morgan fingerprint density at radius 3 is 2.74 bits per heavy atom. The Morgan fingerprint density at radius 2 is 2.16 bits per heavy atom. The fourth-order valence-electron chi connectivity index (χ4n) is 2.50. The summed E-state index contributed by atoms with van der Waals surface area (Å²) in [4.78, 5) is 0. The maximum Gasteiger partial charge on any atom is 0.140 e. The van der Waals surface area contributed by atoms with Crippen molar-refractivity contribution >= 4 is 31.9 Å². The van der Waals surface area contributed by atoms with E-state index in [9.17, 15) is 0 Å². The van der Waals surface area contributed by atoms with E-state index >= 15 is 0 Å². The van der Waals surface area contributed by atoms with E-state index in [1.54, 1.807) is 7.11 Å². The SMILES string of the molecule is CCNC1CC(C)(C)Oc2c(Br)cc(OC)c(Br)c21. The summed E-state index contributed by atoms with van der Waals surface area (Å²) in [6.07, 6.45) is 0.923. The third-order valence-electron chi connectivity index (χ3n) is 3.27. The summed E-state index contributed by atoms with van der Waals surface area (Å²) >= 11 is 7.23. The number of fused-ring (bicyclic) bond motifs is 1. The zero-order chi connectivity index (χ0) is 14.2. The second-order valence-electron chi connectivity index (χ2n) is 5.29. The molecule has 0 bridgehead atoms. The van der Waals surface area contributed by atoms with Gasteiger partial charge in [0.2, 0.25) is 0 Å². The van der Waals surface area contributed by atoms with E-state index in [4.69, 9.17) is 9.47 Å². The summed E-state index contributed by atoms with van der Waals surface area (Å²) < 4.78 is 13.4. The predicted octanol–water partition coefficient (Wildman–Crippen LogP) is 4.43. The van der Waals surface area contributed by atoms with Crippen LogP contribution in [0.4, 0.5) is 0 Å². The molecule has 1 unspecified atom stereocenters. The van der Waals surface area contributed by atoms with Gasteiger partial charge in [-0.15, -0.1) is 0 Å². The van der Waals surface area contributed by atoms with Gasteiger partial charge in [0, 0.05) is 18.0 Å². The first-order valence-electron chi connectivity index (χ1n) is 6.38. The predicted molar refractivity (Wildman–Crippen MR) is 84.1 cm³/mol. The van der Waals surface area contributed by atoms with Crippen LogP contribution in [-0.2, 0) is 0 Å². The van der Waals surface area contributed by atoms with E-state index in [1.165, 1.54) is 0 Å². The van der Waals surface area contributed by atoms with Gasteiger partial charge in [-0.3, -0.25) is 0 Å². The number of benzene rings is 1. The first kappa shape index (κ1) is 15.1. The molecular weight excluding hydrogens is 374 g/mol. The van der Waals surface area contributed by atoms with Gasteiger partial charge >= 0.3 is 0 Å². The van der Waals surface area contributed by atoms with Crippen LogP contribution in [0.3, 0.4) is 0 Å². The second-order valence-corrected chi connectivity index (χ2v) is 6.94. The number of nitrogens with one attached hydrogen (secondary N) is 1. The molecule has 1 N–H and O–H groups in total. The Labute approximate surface area is 131 Å². The molecule has 3 nitrogen and oxygen atoms in total. The van der Waals surface area contributed by atoms with Gasteiger partial charge in [-0.05, 0) is 58.3 Å². The van der Waals surface area contributed by atoms with E-state index in [0.717, 1.165) is 39.0 Å². The minimum Gasteiger partial charge on any atom is -0.496 e. The number of hydrogen-bond donors (Lipinski definition) is 1. The Hall–Kier alpha value is -0.260. The highest BCUT2D eigenvalue weighted by molar-refractivity contribution is 9.11. The number of ether oxygens (including phenoxy) is 2. The van der Waals surface area contributed by atoms with Crippen molar-refractivity contribution in [3.63, 3.8) is 0 Å². The molecule has 1 atom stereocenters. The van der Waals surface area contributed by atoms with Gasteiger partial charge in [-0.25, -0.2) is 0 Å². The Balaban J connectivity index is 2.59. The van der Waals surface area contributed by atoms with Crippen molar-refractivity contribution < 1.29 is 9.47 Å². The van der Waals surface area contributed by atoms with Crippen molar-refractivity contribution in [3.05, 3.63) is 20.6 Å². The molecule has 0 saturated heterocycles. The largest absolute Gasteiger partial charge is 0.496 e. The zero-order valence-electron chi connectivity index (χ0n) is 11.6. The topological polar surface area (TPSA) is 30.5 Å². The van der Waals surface area contributed by atoms with Gasteiger partial charge in [0.25, 0.3) is 0 Å². The number of rotatable bonds is 3. The van der Waals surface area contributed by atoms with Gasteiger partial charge in [-0.1, -0.05) is 6.92 Å². The number of halogens is 2. The summed E-state index contributed by atoms with van der Waals surface area (Å²) in [5, 5.41) is 3.53. The van der Waals surface area contributed by atoms with Crippen molar-refractivity contribution in [1.82, 2.24) is 5.32 Å². The van der Waals surface area contributed by atoms with Crippen LogP contribution < -0.4 is 14.8 Å². The van der Waals surface area contributed by atoms with Crippen molar-refractivity contribution in [3.8, 4) is 11.5 Å². The fourth-order valence-corrected chi connectivity index (χ4v) is 3.74. The quantitative estimate of drug-likeness (QED) is 0.825. The Bertz CT molecular complexity index is 489. The molecular formula is C14H19Br2NO2. The molecule has 1 aromatic carbocycles. The maximum absolute atomic E-state index is 6.13. The Morgan fingerprint density at radius 1 is 1.47 bits per heavy atom. The standard InChI is InChI=1S/C14H19Br2NO2/c1-5-17-9-7-14(2,3)19-13-8(15)6-10(18-4)12(16)11(9)13/h6,9,17H,5,7H2,1-4H3. The van der Waals surface area contributed by atoms with Crippen LogP contribution in [0.25, 0.3) is 0 Å². The van der Waals surface area contributed by atoms with Crippen molar-refractivity contribution in [2.24, 2.45) is 0 Å². The highest BCUT2D eigenvalue weighted by atomic mass is 79.9. The highest BCUT2D eigenvalue weighted by Gasteiger charge is 2.37. The molecule has 0 fully saturated rings. The van der Waals surface area contributed by atoms with Crippen molar-refractivity contribution in [2.45, 2.75) is 38.8 Å². The molecule has 1 heterocycles. The van der Waals surface area contributed by atoms with Crippen LogP contribution in [0, 0.1) is 0 Å². The summed E-state index contributed by atoms with van der Waals surface area (Å²) in [7, 11) is 1.68. The van der Waals surface area contributed by atoms with E-state index in [2.05, 4.69) is 57.9 Å². The van der Waals surface area contributed by atoms with Crippen LogP contribution in [0.1, 0.15) is 38.8 Å². The molecule has 0 aliphatic carbocycles. The summed E-state index contributed by atoms with van der Waals surface area (Å²) in [6.45, 7) is 7.27. The van der Waals surface area contributed by atoms with Crippen molar-refractivity contribution in [1.29, 1.82) is 0 Å². The summed E-state index contributed by atoms with van der Waals surface area (Å²) in [5.41, 5.74) is 0.948. The molecule has 1 aliphatic heterocycles. The molecule has 19 heavy (non-hydrogen) atoms. The lowest BCUT2D eigenvalue weighted by Crippen LogP contribution is -2.39. The maximum atomic E-state index is 6.13. The third kappa shape index (κ3) is 2.93. The lowest BCUT2D eigenvalue weighted by molar-refractivity contribution is 0.0648. The monoisotopic (exact) mass is 391 g/mol. The normalized spacial score (nSPS) is 20.6. The lowest BCUT2D eigenvalue weighted by atomic mass is 9.89. The minimum absolute atomic E-state index is 0.184.